The van der Waals surface area contributed by atoms with Crippen LogP contribution < -0.4 is 5.32 Å². The third-order valence-corrected chi connectivity index (χ3v) is 4.29. The molecular formula is C16H23ClN2O2. The standard InChI is InChI=1S/C16H23ClN2O2/c1-12-5-2-3-9-19(12)10-4-8-18-16(21)14-11-13(17)6-7-15(14)20/h6-7,11-12,20H,2-5,8-10H2,1H3,(H,18,21). The van der Waals surface area contributed by atoms with Crippen LogP contribution in [0.5, 0.6) is 5.75 Å². The third-order valence-electron chi connectivity index (χ3n) is 4.05. The van der Waals surface area contributed by atoms with Crippen LogP contribution in [0.15, 0.2) is 18.2 Å². The zero-order valence-electron chi connectivity index (χ0n) is 12.4. The van der Waals surface area contributed by atoms with E-state index >= 15 is 0 Å². The second-order valence-corrected chi connectivity index (χ2v) is 6.09. The summed E-state index contributed by atoms with van der Waals surface area (Å²) >= 11 is 5.84. The molecule has 1 aliphatic rings. The van der Waals surface area contributed by atoms with Crippen molar-refractivity contribution in [2.45, 2.75) is 38.6 Å². The number of hydrogen-bond donors (Lipinski definition) is 2. The van der Waals surface area contributed by atoms with Gasteiger partial charge >= 0.3 is 0 Å². The Hall–Kier alpha value is -1.26. The second kappa shape index (κ2) is 7.66. The van der Waals surface area contributed by atoms with E-state index in [1.165, 1.54) is 31.4 Å². The highest BCUT2D eigenvalue weighted by Gasteiger charge is 2.17. The molecule has 1 fully saturated rings. The first-order chi connectivity index (χ1) is 10.1. The fourth-order valence-electron chi connectivity index (χ4n) is 2.76. The monoisotopic (exact) mass is 310 g/mol. The molecule has 1 heterocycles. The van der Waals surface area contributed by atoms with E-state index < -0.39 is 0 Å². The van der Waals surface area contributed by atoms with Gasteiger partial charge in [-0.2, -0.15) is 0 Å². The van der Waals surface area contributed by atoms with Crippen LogP contribution in [0.1, 0.15) is 43.0 Å². The van der Waals surface area contributed by atoms with Crippen molar-refractivity contribution in [2.75, 3.05) is 19.6 Å². The number of halogens is 1. The highest BCUT2D eigenvalue weighted by Crippen LogP contribution is 2.21. The highest BCUT2D eigenvalue weighted by atomic mass is 35.5. The molecule has 21 heavy (non-hydrogen) atoms. The van der Waals surface area contributed by atoms with Gasteiger partial charge in [0.05, 0.1) is 5.56 Å². The largest absolute Gasteiger partial charge is 0.507 e. The maximum atomic E-state index is 12.0. The highest BCUT2D eigenvalue weighted by molar-refractivity contribution is 6.31. The van der Waals surface area contributed by atoms with Crippen LogP contribution in [0, 0.1) is 0 Å². The molecule has 2 rings (SSSR count). The van der Waals surface area contributed by atoms with Gasteiger partial charge in [-0.3, -0.25) is 4.79 Å². The number of hydrogen-bond acceptors (Lipinski definition) is 3. The van der Waals surface area contributed by atoms with Gasteiger partial charge in [-0.15, -0.1) is 0 Å². The molecule has 1 amide bonds. The summed E-state index contributed by atoms with van der Waals surface area (Å²) in [5.41, 5.74) is 0.230. The summed E-state index contributed by atoms with van der Waals surface area (Å²) in [4.78, 5) is 14.5. The topological polar surface area (TPSA) is 52.6 Å². The van der Waals surface area contributed by atoms with E-state index in [9.17, 15) is 9.90 Å². The summed E-state index contributed by atoms with van der Waals surface area (Å²) < 4.78 is 0. The normalized spacial score (nSPS) is 19.4. The Kier molecular flexibility index (Phi) is 5.88. The van der Waals surface area contributed by atoms with Gasteiger partial charge in [0, 0.05) is 24.2 Å². The molecule has 0 spiro atoms. The number of carbonyl (C=O) groups is 1. The minimum Gasteiger partial charge on any atom is -0.507 e. The maximum Gasteiger partial charge on any atom is 0.255 e. The van der Waals surface area contributed by atoms with E-state index in [1.807, 2.05) is 0 Å². The van der Waals surface area contributed by atoms with Crippen molar-refractivity contribution in [2.24, 2.45) is 0 Å². The number of aromatic hydroxyl groups is 1. The molecule has 0 aromatic heterocycles. The lowest BCUT2D eigenvalue weighted by Gasteiger charge is -2.33. The molecule has 2 N–H and O–H groups in total. The summed E-state index contributed by atoms with van der Waals surface area (Å²) in [5, 5.41) is 13.0. The van der Waals surface area contributed by atoms with Crippen LogP contribution in [-0.2, 0) is 0 Å². The van der Waals surface area contributed by atoms with Gasteiger partial charge in [-0.25, -0.2) is 0 Å². The van der Waals surface area contributed by atoms with Gasteiger partial charge in [-0.05, 0) is 50.9 Å². The molecule has 0 bridgehead atoms. The molecule has 1 saturated heterocycles. The fraction of sp³-hybridized carbons (Fsp3) is 0.562. The van der Waals surface area contributed by atoms with Gasteiger partial charge in [0.15, 0.2) is 0 Å². The van der Waals surface area contributed by atoms with Crippen molar-refractivity contribution in [3.05, 3.63) is 28.8 Å². The number of piperidine rings is 1. The molecule has 1 aromatic carbocycles. The molecule has 1 aromatic rings. The number of nitrogens with zero attached hydrogens (tertiary/aromatic N) is 1. The predicted octanol–water partition coefficient (Wildman–Crippen LogP) is 3.04. The van der Waals surface area contributed by atoms with Gasteiger partial charge in [0.25, 0.3) is 5.91 Å². The zero-order chi connectivity index (χ0) is 15.2. The molecular weight excluding hydrogens is 288 g/mol. The second-order valence-electron chi connectivity index (χ2n) is 5.65. The van der Waals surface area contributed by atoms with Crippen molar-refractivity contribution in [1.29, 1.82) is 0 Å². The lowest BCUT2D eigenvalue weighted by molar-refractivity contribution is 0.0946. The Bertz CT molecular complexity index is 493. The van der Waals surface area contributed by atoms with Gasteiger partial charge in [0.1, 0.15) is 5.75 Å². The van der Waals surface area contributed by atoms with Crippen LogP contribution in [0.3, 0.4) is 0 Å². The number of rotatable bonds is 5. The smallest absolute Gasteiger partial charge is 0.255 e. The van der Waals surface area contributed by atoms with Crippen LogP contribution in [0.25, 0.3) is 0 Å². The molecule has 0 aliphatic carbocycles. The van der Waals surface area contributed by atoms with E-state index in [2.05, 4.69) is 17.1 Å². The molecule has 116 valence electrons. The SMILES string of the molecule is CC1CCCCN1CCCNC(=O)c1cc(Cl)ccc1O. The van der Waals surface area contributed by atoms with E-state index in [0.29, 0.717) is 17.6 Å². The number of nitrogens with one attached hydrogen (secondary N) is 1. The first kappa shape index (κ1) is 16.1. The molecule has 4 nitrogen and oxygen atoms in total. The third kappa shape index (κ3) is 4.61. The number of amides is 1. The zero-order valence-corrected chi connectivity index (χ0v) is 13.2. The average Bonchev–Trinajstić information content (AvgIpc) is 2.47. The van der Waals surface area contributed by atoms with E-state index in [4.69, 9.17) is 11.6 Å². The lowest BCUT2D eigenvalue weighted by atomic mass is 10.0. The Morgan fingerprint density at radius 1 is 1.48 bits per heavy atom. The van der Waals surface area contributed by atoms with Crippen LogP contribution >= 0.6 is 11.6 Å². The van der Waals surface area contributed by atoms with Crippen molar-refractivity contribution >= 4 is 17.5 Å². The minimum atomic E-state index is -0.276. The number of likely N-dealkylation sites (tertiary alicyclic amines) is 1. The van der Waals surface area contributed by atoms with Crippen molar-refractivity contribution < 1.29 is 9.90 Å². The van der Waals surface area contributed by atoms with E-state index in [0.717, 1.165) is 19.5 Å². The average molecular weight is 311 g/mol. The van der Waals surface area contributed by atoms with Crippen molar-refractivity contribution in [3.63, 3.8) is 0 Å². The summed E-state index contributed by atoms with van der Waals surface area (Å²) in [6, 6.07) is 5.13. The molecule has 1 atom stereocenters. The van der Waals surface area contributed by atoms with Gasteiger partial charge < -0.3 is 15.3 Å². The Morgan fingerprint density at radius 3 is 3.05 bits per heavy atom. The van der Waals surface area contributed by atoms with Crippen molar-refractivity contribution in [1.82, 2.24) is 10.2 Å². The number of benzene rings is 1. The number of phenols is 1. The summed E-state index contributed by atoms with van der Waals surface area (Å²) in [6.07, 6.45) is 4.77. The summed E-state index contributed by atoms with van der Waals surface area (Å²) in [5.74, 6) is -0.316. The van der Waals surface area contributed by atoms with E-state index in [1.54, 1.807) is 6.07 Å². The van der Waals surface area contributed by atoms with Crippen LogP contribution in [-0.4, -0.2) is 41.6 Å². The summed E-state index contributed by atoms with van der Waals surface area (Å²) in [6.45, 7) is 5.03. The van der Waals surface area contributed by atoms with Crippen LogP contribution in [0.4, 0.5) is 0 Å². The lowest BCUT2D eigenvalue weighted by Crippen LogP contribution is -2.39. The van der Waals surface area contributed by atoms with Crippen molar-refractivity contribution in [3.8, 4) is 5.75 Å². The molecule has 5 heteroatoms. The molecule has 1 unspecified atom stereocenters. The fourth-order valence-corrected chi connectivity index (χ4v) is 2.93. The van der Waals surface area contributed by atoms with Gasteiger partial charge in [0.2, 0.25) is 0 Å². The first-order valence-corrected chi connectivity index (χ1v) is 7.96. The Morgan fingerprint density at radius 2 is 2.29 bits per heavy atom. The maximum absolute atomic E-state index is 12.0. The molecule has 0 radical (unpaired) electrons. The number of carbonyl (C=O) groups excluding carboxylic acids is 1. The van der Waals surface area contributed by atoms with Gasteiger partial charge in [-0.1, -0.05) is 18.0 Å². The number of phenolic OH excluding ortho intramolecular Hbond substituents is 1. The Balaban J connectivity index is 1.75. The predicted molar refractivity (Wildman–Crippen MR) is 85.0 cm³/mol. The van der Waals surface area contributed by atoms with E-state index in [-0.39, 0.29) is 17.2 Å². The minimum absolute atomic E-state index is 0.0402. The quantitative estimate of drug-likeness (QED) is 0.822. The van der Waals surface area contributed by atoms with Crippen LogP contribution in [0.2, 0.25) is 5.02 Å². The first-order valence-electron chi connectivity index (χ1n) is 7.58. The Labute approximate surface area is 131 Å². The molecule has 1 aliphatic heterocycles. The summed E-state index contributed by atoms with van der Waals surface area (Å²) in [7, 11) is 0. The molecule has 0 saturated carbocycles.